The van der Waals surface area contributed by atoms with Crippen molar-refractivity contribution in [1.82, 2.24) is 15.5 Å². The van der Waals surface area contributed by atoms with Crippen LogP contribution in [0.25, 0.3) is 0 Å². The monoisotopic (exact) mass is 337 g/mol. The molecule has 0 aromatic carbocycles. The van der Waals surface area contributed by atoms with Gasteiger partial charge in [0.2, 0.25) is 11.8 Å². The minimum Gasteiger partial charge on any atom is -0.354 e. The second-order valence-corrected chi connectivity index (χ2v) is 7.43. The molecule has 2 heterocycles. The van der Waals surface area contributed by atoms with Gasteiger partial charge in [0.05, 0.1) is 6.04 Å². The number of hydrogen-bond acceptors (Lipinski definition) is 3. The number of amides is 2. The largest absolute Gasteiger partial charge is 0.354 e. The summed E-state index contributed by atoms with van der Waals surface area (Å²) in [7, 11) is 0. The summed E-state index contributed by atoms with van der Waals surface area (Å²) >= 11 is 0. The zero-order valence-electron chi connectivity index (χ0n) is 15.5. The van der Waals surface area contributed by atoms with Gasteiger partial charge in [-0.15, -0.1) is 0 Å². The van der Waals surface area contributed by atoms with Crippen molar-refractivity contribution in [3.63, 3.8) is 0 Å². The molecular weight excluding hydrogens is 302 g/mol. The number of nitrogens with one attached hydrogen (secondary N) is 2. The van der Waals surface area contributed by atoms with E-state index in [1.54, 1.807) is 0 Å². The molecule has 3 atom stereocenters. The van der Waals surface area contributed by atoms with Gasteiger partial charge < -0.3 is 15.5 Å². The molecule has 2 saturated heterocycles. The van der Waals surface area contributed by atoms with Crippen LogP contribution < -0.4 is 10.6 Å². The highest BCUT2D eigenvalue weighted by molar-refractivity contribution is 5.82. The highest BCUT2D eigenvalue weighted by atomic mass is 16.2. The number of carbonyl (C=O) groups excluding carboxylic acids is 2. The summed E-state index contributed by atoms with van der Waals surface area (Å²) in [4.78, 5) is 26.9. The average Bonchev–Trinajstić information content (AvgIpc) is 3.15. The first-order chi connectivity index (χ1) is 11.7. The van der Waals surface area contributed by atoms with E-state index in [-0.39, 0.29) is 17.9 Å². The molecule has 0 aromatic heterocycles. The van der Waals surface area contributed by atoms with Crippen molar-refractivity contribution in [2.24, 2.45) is 11.8 Å². The first-order valence-electron chi connectivity index (χ1n) is 9.95. The van der Waals surface area contributed by atoms with Gasteiger partial charge in [-0.05, 0) is 51.0 Å². The van der Waals surface area contributed by atoms with Gasteiger partial charge in [-0.3, -0.25) is 9.59 Å². The SMILES string of the molecule is CCCCC(CC)C(=O)N1CCCC(CNC(=O)C2CCCN2)C1. The Morgan fingerprint density at radius 1 is 1.25 bits per heavy atom. The average molecular weight is 338 g/mol. The van der Waals surface area contributed by atoms with Gasteiger partial charge in [0.15, 0.2) is 0 Å². The number of carbonyl (C=O) groups is 2. The molecule has 0 aromatic rings. The lowest BCUT2D eigenvalue weighted by molar-refractivity contribution is -0.137. The van der Waals surface area contributed by atoms with Gasteiger partial charge in [-0.25, -0.2) is 0 Å². The zero-order chi connectivity index (χ0) is 17.4. The normalized spacial score (nSPS) is 25.5. The number of likely N-dealkylation sites (tertiary alicyclic amines) is 1. The van der Waals surface area contributed by atoms with Crippen LogP contribution in [-0.2, 0) is 9.59 Å². The molecule has 0 aliphatic carbocycles. The van der Waals surface area contributed by atoms with E-state index in [0.29, 0.717) is 18.4 Å². The molecule has 5 heteroatoms. The number of unbranched alkanes of at least 4 members (excludes halogenated alkanes) is 1. The zero-order valence-corrected chi connectivity index (χ0v) is 15.5. The van der Waals surface area contributed by atoms with E-state index in [1.807, 2.05) is 0 Å². The summed E-state index contributed by atoms with van der Waals surface area (Å²) in [6.45, 7) is 7.63. The minimum atomic E-state index is -0.00941. The summed E-state index contributed by atoms with van der Waals surface area (Å²) in [5.74, 6) is 1.04. The van der Waals surface area contributed by atoms with Gasteiger partial charge in [-0.1, -0.05) is 26.7 Å². The fourth-order valence-electron chi connectivity index (χ4n) is 3.92. The van der Waals surface area contributed by atoms with Crippen LogP contribution in [0.3, 0.4) is 0 Å². The lowest BCUT2D eigenvalue weighted by atomic mass is 9.93. The van der Waals surface area contributed by atoms with Crippen LogP contribution in [0.2, 0.25) is 0 Å². The van der Waals surface area contributed by atoms with E-state index in [2.05, 4.69) is 29.4 Å². The fourth-order valence-corrected chi connectivity index (χ4v) is 3.92. The maximum atomic E-state index is 12.8. The molecule has 2 fully saturated rings. The summed E-state index contributed by atoms with van der Waals surface area (Å²) in [5.41, 5.74) is 0. The van der Waals surface area contributed by atoms with Crippen molar-refractivity contribution in [2.75, 3.05) is 26.2 Å². The number of rotatable bonds is 8. The lowest BCUT2D eigenvalue weighted by Crippen LogP contribution is -2.47. The number of piperidine rings is 1. The Morgan fingerprint density at radius 2 is 2.08 bits per heavy atom. The van der Waals surface area contributed by atoms with Crippen molar-refractivity contribution in [1.29, 1.82) is 0 Å². The van der Waals surface area contributed by atoms with Crippen LogP contribution >= 0.6 is 0 Å². The maximum Gasteiger partial charge on any atom is 0.237 e. The maximum absolute atomic E-state index is 12.8. The summed E-state index contributed by atoms with van der Waals surface area (Å²) in [6, 6.07) is -0.00941. The molecule has 2 aliphatic rings. The van der Waals surface area contributed by atoms with Crippen molar-refractivity contribution in [3.8, 4) is 0 Å². The number of nitrogens with zero attached hydrogens (tertiary/aromatic N) is 1. The minimum absolute atomic E-state index is 0.00941. The third kappa shape index (κ3) is 5.47. The van der Waals surface area contributed by atoms with Gasteiger partial charge in [0.25, 0.3) is 0 Å². The Labute approximate surface area is 146 Å². The molecule has 2 aliphatic heterocycles. The Bertz CT molecular complexity index is 407. The standard InChI is InChI=1S/C19H35N3O2/c1-3-5-9-16(4-2)19(24)22-12-7-8-15(14-22)13-21-18(23)17-10-6-11-20-17/h15-17,20H,3-14H2,1-2H3,(H,21,23). The molecule has 0 saturated carbocycles. The van der Waals surface area contributed by atoms with Crippen LogP contribution in [-0.4, -0.2) is 48.9 Å². The molecule has 0 radical (unpaired) electrons. The van der Waals surface area contributed by atoms with E-state index in [4.69, 9.17) is 0 Å². The summed E-state index contributed by atoms with van der Waals surface area (Å²) in [5, 5.41) is 6.33. The van der Waals surface area contributed by atoms with E-state index < -0.39 is 0 Å². The third-order valence-electron chi connectivity index (χ3n) is 5.52. The van der Waals surface area contributed by atoms with Gasteiger partial charge in [0, 0.05) is 25.6 Å². The molecule has 2 amide bonds. The second kappa shape index (κ2) is 10.0. The van der Waals surface area contributed by atoms with Crippen molar-refractivity contribution >= 4 is 11.8 Å². The van der Waals surface area contributed by atoms with Crippen LogP contribution in [0, 0.1) is 11.8 Å². The summed E-state index contributed by atoms with van der Waals surface area (Å²) < 4.78 is 0. The topological polar surface area (TPSA) is 61.4 Å². The first kappa shape index (κ1) is 19.2. The lowest BCUT2D eigenvalue weighted by Gasteiger charge is -2.35. The van der Waals surface area contributed by atoms with Crippen LogP contribution in [0.4, 0.5) is 0 Å². The highest BCUT2D eigenvalue weighted by Gasteiger charge is 2.29. The van der Waals surface area contributed by atoms with Crippen LogP contribution in [0.5, 0.6) is 0 Å². The van der Waals surface area contributed by atoms with Gasteiger partial charge in [0.1, 0.15) is 0 Å². The van der Waals surface area contributed by atoms with E-state index in [9.17, 15) is 9.59 Å². The van der Waals surface area contributed by atoms with Crippen molar-refractivity contribution in [3.05, 3.63) is 0 Å². The Hall–Kier alpha value is -1.10. The first-order valence-corrected chi connectivity index (χ1v) is 9.95. The molecule has 2 N–H and O–H groups in total. The Kier molecular flexibility index (Phi) is 8.03. The van der Waals surface area contributed by atoms with Crippen LogP contribution in [0.1, 0.15) is 65.2 Å². The van der Waals surface area contributed by atoms with Crippen LogP contribution in [0.15, 0.2) is 0 Å². The molecular formula is C19H35N3O2. The third-order valence-corrected chi connectivity index (χ3v) is 5.52. The van der Waals surface area contributed by atoms with E-state index in [1.165, 1.54) is 0 Å². The smallest absolute Gasteiger partial charge is 0.237 e. The Balaban J connectivity index is 1.77. The van der Waals surface area contributed by atoms with Gasteiger partial charge >= 0.3 is 0 Å². The summed E-state index contributed by atoms with van der Waals surface area (Å²) in [6.07, 6.45) is 8.41. The van der Waals surface area contributed by atoms with E-state index in [0.717, 1.165) is 71.0 Å². The van der Waals surface area contributed by atoms with Crippen molar-refractivity contribution in [2.45, 2.75) is 71.3 Å². The van der Waals surface area contributed by atoms with E-state index >= 15 is 0 Å². The second-order valence-electron chi connectivity index (χ2n) is 7.43. The predicted molar refractivity (Wildman–Crippen MR) is 96.6 cm³/mol. The Morgan fingerprint density at radius 3 is 2.75 bits per heavy atom. The predicted octanol–water partition coefficient (Wildman–Crippen LogP) is 2.31. The molecule has 5 nitrogen and oxygen atoms in total. The molecule has 0 bridgehead atoms. The van der Waals surface area contributed by atoms with Gasteiger partial charge in [-0.2, -0.15) is 0 Å². The highest BCUT2D eigenvalue weighted by Crippen LogP contribution is 2.22. The quantitative estimate of drug-likeness (QED) is 0.714. The molecule has 138 valence electrons. The fraction of sp³-hybridized carbons (Fsp3) is 0.895. The molecule has 2 rings (SSSR count). The molecule has 0 spiro atoms. The number of hydrogen-bond donors (Lipinski definition) is 2. The molecule has 24 heavy (non-hydrogen) atoms. The molecule has 3 unspecified atom stereocenters. The van der Waals surface area contributed by atoms with Crippen molar-refractivity contribution < 1.29 is 9.59 Å².